The highest BCUT2D eigenvalue weighted by Gasteiger charge is 2.15. The van der Waals surface area contributed by atoms with Gasteiger partial charge in [0.15, 0.2) is 5.82 Å². The molecule has 1 amide bonds. The number of anilines is 1. The van der Waals surface area contributed by atoms with E-state index in [2.05, 4.69) is 20.4 Å². The van der Waals surface area contributed by atoms with Crippen molar-refractivity contribution >= 4 is 34.3 Å². The Morgan fingerprint density at radius 1 is 1.17 bits per heavy atom. The first-order valence-corrected chi connectivity index (χ1v) is 8.88. The van der Waals surface area contributed by atoms with Crippen LogP contribution in [0.1, 0.15) is 10.5 Å². The van der Waals surface area contributed by atoms with Gasteiger partial charge in [-0.3, -0.25) is 4.79 Å². The highest BCUT2D eigenvalue weighted by molar-refractivity contribution is 7.14. The van der Waals surface area contributed by atoms with Gasteiger partial charge in [0.25, 0.3) is 5.91 Å². The lowest BCUT2D eigenvalue weighted by Crippen LogP contribution is -2.15. The van der Waals surface area contributed by atoms with E-state index in [1.807, 2.05) is 16.8 Å². The van der Waals surface area contributed by atoms with Crippen molar-refractivity contribution in [3.63, 3.8) is 0 Å². The van der Waals surface area contributed by atoms with Crippen LogP contribution in [0.25, 0.3) is 16.4 Å². The second-order valence-corrected chi connectivity index (χ2v) is 6.47. The van der Waals surface area contributed by atoms with Crippen LogP contribution >= 0.6 is 22.7 Å². The lowest BCUT2D eigenvalue weighted by Gasteiger charge is -2.08. The van der Waals surface area contributed by atoms with Gasteiger partial charge in [0.1, 0.15) is 10.7 Å². The number of thiazole rings is 1. The Morgan fingerprint density at radius 2 is 2.12 bits per heavy atom. The molecule has 0 spiro atoms. The summed E-state index contributed by atoms with van der Waals surface area (Å²) in [7, 11) is 0. The van der Waals surface area contributed by atoms with Gasteiger partial charge in [0.2, 0.25) is 0 Å². The Balaban J connectivity index is 1.59. The molecule has 0 aliphatic carbocycles. The van der Waals surface area contributed by atoms with Crippen molar-refractivity contribution in [3.05, 3.63) is 64.7 Å². The van der Waals surface area contributed by atoms with E-state index in [9.17, 15) is 4.79 Å². The van der Waals surface area contributed by atoms with Crippen molar-refractivity contribution in [1.82, 2.24) is 19.7 Å². The number of rotatable bonds is 4. The maximum absolute atomic E-state index is 12.5. The maximum atomic E-state index is 12.5. The molecule has 0 radical (unpaired) electrons. The first-order valence-electron chi connectivity index (χ1n) is 7.06. The van der Waals surface area contributed by atoms with E-state index in [0.29, 0.717) is 17.2 Å². The van der Waals surface area contributed by atoms with E-state index in [4.69, 9.17) is 0 Å². The molecule has 0 fully saturated rings. The molecule has 0 saturated heterocycles. The Hall–Kier alpha value is -2.84. The number of nitrogens with one attached hydrogen (secondary N) is 1. The van der Waals surface area contributed by atoms with E-state index in [-0.39, 0.29) is 5.91 Å². The third-order valence-electron chi connectivity index (χ3n) is 3.26. The molecule has 0 atom stereocenters. The Labute approximate surface area is 145 Å². The lowest BCUT2D eigenvalue weighted by atomic mass is 10.3. The third kappa shape index (κ3) is 2.84. The van der Waals surface area contributed by atoms with E-state index in [1.165, 1.54) is 11.3 Å². The fourth-order valence-corrected chi connectivity index (χ4v) is 3.67. The molecule has 0 aliphatic rings. The lowest BCUT2D eigenvalue weighted by molar-refractivity contribution is 0.102. The Bertz CT molecular complexity index is 960. The molecule has 24 heavy (non-hydrogen) atoms. The summed E-state index contributed by atoms with van der Waals surface area (Å²) in [5.74, 6) is 0.290. The zero-order chi connectivity index (χ0) is 16.4. The van der Waals surface area contributed by atoms with Crippen molar-refractivity contribution in [2.24, 2.45) is 0 Å². The van der Waals surface area contributed by atoms with Crippen molar-refractivity contribution in [2.45, 2.75) is 0 Å². The minimum absolute atomic E-state index is 0.269. The van der Waals surface area contributed by atoms with Gasteiger partial charge < -0.3 is 5.32 Å². The summed E-state index contributed by atoms with van der Waals surface area (Å²) in [5, 5.41) is 13.6. The van der Waals surface area contributed by atoms with Gasteiger partial charge in [-0.1, -0.05) is 0 Å². The monoisotopic (exact) mass is 353 g/mol. The van der Waals surface area contributed by atoms with Crippen LogP contribution in [0.3, 0.4) is 0 Å². The molecule has 0 aliphatic heterocycles. The molecule has 8 heteroatoms. The van der Waals surface area contributed by atoms with E-state index in [0.717, 1.165) is 10.6 Å². The first kappa shape index (κ1) is 14.7. The number of hydrogen-bond donors (Lipinski definition) is 1. The number of hydrogen-bond acceptors (Lipinski definition) is 6. The standard InChI is InChI=1S/C16H11N5OS2/c22-15(13-10-24-16(20-13)11-4-8-23-9-11)19-12-3-1-5-17-14(12)21-7-2-6-18-21/h1-10H,(H,19,22). The van der Waals surface area contributed by atoms with Gasteiger partial charge in [-0.2, -0.15) is 16.4 Å². The van der Waals surface area contributed by atoms with Gasteiger partial charge in [0.05, 0.1) is 5.69 Å². The zero-order valence-corrected chi connectivity index (χ0v) is 13.9. The van der Waals surface area contributed by atoms with Crippen LogP contribution in [0, 0.1) is 0 Å². The van der Waals surface area contributed by atoms with E-state index in [1.54, 1.807) is 58.2 Å². The summed E-state index contributed by atoms with van der Waals surface area (Å²) in [6.45, 7) is 0. The van der Waals surface area contributed by atoms with Crippen molar-refractivity contribution in [1.29, 1.82) is 0 Å². The smallest absolute Gasteiger partial charge is 0.275 e. The number of carbonyl (C=O) groups excluding carboxylic acids is 1. The SMILES string of the molecule is O=C(Nc1cccnc1-n1cccn1)c1csc(-c2ccsc2)n1. The van der Waals surface area contributed by atoms with Gasteiger partial charge in [-0.15, -0.1) is 11.3 Å². The first-order chi connectivity index (χ1) is 11.8. The molecule has 6 nitrogen and oxygen atoms in total. The van der Waals surface area contributed by atoms with Gasteiger partial charge in [0, 0.05) is 34.9 Å². The van der Waals surface area contributed by atoms with Crippen LogP contribution in [-0.2, 0) is 0 Å². The van der Waals surface area contributed by atoms with Crippen molar-refractivity contribution < 1.29 is 4.79 Å². The maximum Gasteiger partial charge on any atom is 0.275 e. The molecule has 4 rings (SSSR count). The van der Waals surface area contributed by atoms with Gasteiger partial charge in [-0.25, -0.2) is 14.6 Å². The summed E-state index contributed by atoms with van der Waals surface area (Å²) in [4.78, 5) is 21.2. The summed E-state index contributed by atoms with van der Waals surface area (Å²) in [5.41, 5.74) is 2.00. The fourth-order valence-electron chi connectivity index (χ4n) is 2.15. The number of carbonyl (C=O) groups is 1. The highest BCUT2D eigenvalue weighted by Crippen LogP contribution is 2.26. The van der Waals surface area contributed by atoms with E-state index < -0.39 is 0 Å². The van der Waals surface area contributed by atoms with Crippen LogP contribution in [0.15, 0.2) is 59.0 Å². The number of aromatic nitrogens is 4. The second kappa shape index (κ2) is 6.34. The molecule has 0 saturated carbocycles. The summed E-state index contributed by atoms with van der Waals surface area (Å²) < 4.78 is 1.60. The Kier molecular flexibility index (Phi) is 3.89. The fraction of sp³-hybridized carbons (Fsp3) is 0. The molecule has 1 N–H and O–H groups in total. The highest BCUT2D eigenvalue weighted by atomic mass is 32.1. The zero-order valence-electron chi connectivity index (χ0n) is 12.3. The number of thiophene rings is 1. The topological polar surface area (TPSA) is 72.7 Å². The van der Waals surface area contributed by atoms with Gasteiger partial charge in [-0.05, 0) is 29.6 Å². The van der Waals surface area contributed by atoms with Crippen LogP contribution in [0.5, 0.6) is 0 Å². The number of amides is 1. The molecule has 0 aromatic carbocycles. The van der Waals surface area contributed by atoms with Crippen LogP contribution < -0.4 is 5.32 Å². The average Bonchev–Trinajstić information content (AvgIpc) is 3.35. The average molecular weight is 353 g/mol. The molecule has 4 heterocycles. The molecule has 118 valence electrons. The number of nitrogens with zero attached hydrogens (tertiary/aromatic N) is 4. The Morgan fingerprint density at radius 3 is 2.92 bits per heavy atom. The van der Waals surface area contributed by atoms with E-state index >= 15 is 0 Å². The summed E-state index contributed by atoms with van der Waals surface area (Å²) >= 11 is 3.05. The third-order valence-corrected chi connectivity index (χ3v) is 4.84. The quantitative estimate of drug-likeness (QED) is 0.607. The normalized spacial score (nSPS) is 10.7. The largest absolute Gasteiger partial charge is 0.317 e. The minimum Gasteiger partial charge on any atom is -0.317 e. The predicted octanol–water partition coefficient (Wildman–Crippen LogP) is 3.70. The van der Waals surface area contributed by atoms with Gasteiger partial charge >= 0.3 is 0 Å². The second-order valence-electron chi connectivity index (χ2n) is 4.83. The van der Waals surface area contributed by atoms with Crippen molar-refractivity contribution in [2.75, 3.05) is 5.32 Å². The summed E-state index contributed by atoms with van der Waals surface area (Å²) in [6, 6.07) is 7.34. The number of pyridine rings is 1. The summed E-state index contributed by atoms with van der Waals surface area (Å²) in [6.07, 6.45) is 5.09. The molecular formula is C16H11N5OS2. The minimum atomic E-state index is -0.269. The van der Waals surface area contributed by atoms with Crippen molar-refractivity contribution in [3.8, 4) is 16.4 Å². The van der Waals surface area contributed by atoms with Crippen LogP contribution in [0.2, 0.25) is 0 Å². The molecule has 0 unspecified atom stereocenters. The predicted molar refractivity (Wildman–Crippen MR) is 94.7 cm³/mol. The van der Waals surface area contributed by atoms with Crippen LogP contribution in [0.4, 0.5) is 5.69 Å². The molecule has 0 bridgehead atoms. The molecule has 4 aromatic heterocycles. The molecular weight excluding hydrogens is 342 g/mol. The molecule has 4 aromatic rings. The van der Waals surface area contributed by atoms with Crippen LogP contribution in [-0.4, -0.2) is 25.7 Å².